The number of hydrogen-bond donors (Lipinski definition) is 0. The predicted octanol–water partition coefficient (Wildman–Crippen LogP) is 1.88. The van der Waals surface area contributed by atoms with Gasteiger partial charge >= 0.3 is 5.97 Å². The average Bonchev–Trinajstić information content (AvgIpc) is 2.89. The second kappa shape index (κ2) is 7.56. The van der Waals surface area contributed by atoms with Crippen LogP contribution in [0.4, 0.5) is 0 Å². The number of carbonyl (C=O) groups excluding carboxylic acids is 2. The largest absolute Gasteiger partial charge is 0.449 e. The van der Waals surface area contributed by atoms with Crippen molar-refractivity contribution in [1.29, 1.82) is 0 Å². The van der Waals surface area contributed by atoms with E-state index >= 15 is 0 Å². The molecule has 0 aliphatic carbocycles. The molecule has 138 valence electrons. The maximum atomic E-state index is 12.6. The van der Waals surface area contributed by atoms with E-state index in [9.17, 15) is 18.0 Å². The zero-order valence-electron chi connectivity index (χ0n) is 15.1. The van der Waals surface area contributed by atoms with Crippen LogP contribution in [0.25, 0.3) is 0 Å². The Bertz CT molecular complexity index is 772. The van der Waals surface area contributed by atoms with Crippen LogP contribution in [-0.4, -0.2) is 55.4 Å². The summed E-state index contributed by atoms with van der Waals surface area (Å²) in [5.41, 5.74) is 2.15. The van der Waals surface area contributed by atoms with Gasteiger partial charge in [0.1, 0.15) is 0 Å². The Labute approximate surface area is 149 Å². The molecule has 6 nitrogen and oxygen atoms in total. The second-order valence-corrected chi connectivity index (χ2v) is 8.78. The fourth-order valence-electron chi connectivity index (χ4n) is 3.08. The molecule has 2 rings (SSSR count). The highest BCUT2D eigenvalue weighted by atomic mass is 32.2. The summed E-state index contributed by atoms with van der Waals surface area (Å²) >= 11 is 0. The number of ether oxygens (including phenoxy) is 1. The van der Waals surface area contributed by atoms with E-state index in [0.717, 1.165) is 11.1 Å². The maximum absolute atomic E-state index is 12.6. The molecule has 1 aromatic carbocycles. The van der Waals surface area contributed by atoms with Gasteiger partial charge in [0.25, 0.3) is 5.91 Å². The molecule has 0 spiro atoms. The number of sulfone groups is 1. The molecule has 2 atom stereocenters. The van der Waals surface area contributed by atoms with Gasteiger partial charge < -0.3 is 9.64 Å². The van der Waals surface area contributed by atoms with Gasteiger partial charge in [-0.3, -0.25) is 4.79 Å². The number of likely N-dealkylation sites (N-methyl/N-ethyl adjacent to an activating group) is 1. The molecule has 0 aromatic heterocycles. The first kappa shape index (κ1) is 19.4. The molecular formula is C18H25NO5S. The first-order valence-electron chi connectivity index (χ1n) is 8.43. The van der Waals surface area contributed by atoms with Crippen LogP contribution in [0.3, 0.4) is 0 Å². The summed E-state index contributed by atoms with van der Waals surface area (Å²) in [4.78, 5) is 26.5. The van der Waals surface area contributed by atoms with Crippen LogP contribution >= 0.6 is 0 Å². The molecule has 0 unspecified atom stereocenters. The molecule has 7 heteroatoms. The Morgan fingerprint density at radius 1 is 1.32 bits per heavy atom. The molecule has 0 N–H and O–H groups in total. The molecule has 1 aromatic rings. The Kier molecular flexibility index (Phi) is 5.87. The van der Waals surface area contributed by atoms with E-state index < -0.39 is 21.9 Å². The number of nitrogens with zero attached hydrogens (tertiary/aromatic N) is 1. The van der Waals surface area contributed by atoms with E-state index in [2.05, 4.69) is 0 Å². The molecular weight excluding hydrogens is 342 g/mol. The van der Waals surface area contributed by atoms with Crippen LogP contribution < -0.4 is 0 Å². The molecule has 1 saturated heterocycles. The van der Waals surface area contributed by atoms with Crippen molar-refractivity contribution in [3.63, 3.8) is 0 Å². The van der Waals surface area contributed by atoms with Crippen LogP contribution in [-0.2, 0) is 19.4 Å². The fourth-order valence-corrected chi connectivity index (χ4v) is 4.81. The molecule has 1 aliphatic heterocycles. The Balaban J connectivity index is 2.08. The van der Waals surface area contributed by atoms with Gasteiger partial charge in [-0.25, -0.2) is 13.2 Å². The van der Waals surface area contributed by atoms with Crippen molar-refractivity contribution in [2.75, 3.05) is 18.1 Å². The summed E-state index contributed by atoms with van der Waals surface area (Å²) in [7, 11) is -3.09. The summed E-state index contributed by atoms with van der Waals surface area (Å²) < 4.78 is 28.7. The number of esters is 1. The van der Waals surface area contributed by atoms with Gasteiger partial charge in [-0.2, -0.15) is 0 Å². The topological polar surface area (TPSA) is 80.8 Å². The molecule has 1 aliphatic rings. The minimum Gasteiger partial charge on any atom is -0.449 e. The third-order valence-electron chi connectivity index (χ3n) is 4.52. The third-order valence-corrected chi connectivity index (χ3v) is 6.27. The molecule has 0 radical (unpaired) electrons. The minimum absolute atomic E-state index is 0.0236. The van der Waals surface area contributed by atoms with Gasteiger partial charge in [-0.15, -0.1) is 0 Å². The summed E-state index contributed by atoms with van der Waals surface area (Å²) in [6.45, 7) is 7.39. The van der Waals surface area contributed by atoms with Crippen LogP contribution in [0.2, 0.25) is 0 Å². The van der Waals surface area contributed by atoms with Crippen molar-refractivity contribution < 1.29 is 22.7 Å². The van der Waals surface area contributed by atoms with Crippen molar-refractivity contribution in [1.82, 2.24) is 4.90 Å². The Hall–Kier alpha value is -1.89. The number of hydrogen-bond acceptors (Lipinski definition) is 5. The highest BCUT2D eigenvalue weighted by Gasteiger charge is 2.36. The smallest absolute Gasteiger partial charge is 0.339 e. The normalized spacial score (nSPS) is 20.1. The molecule has 0 bridgehead atoms. The van der Waals surface area contributed by atoms with E-state index in [1.807, 2.05) is 26.0 Å². The fraction of sp³-hybridized carbons (Fsp3) is 0.556. The summed E-state index contributed by atoms with van der Waals surface area (Å²) in [6.07, 6.45) is -0.532. The van der Waals surface area contributed by atoms with Gasteiger partial charge in [0.05, 0.1) is 17.1 Å². The van der Waals surface area contributed by atoms with Crippen LogP contribution in [0.5, 0.6) is 0 Å². The molecule has 1 amide bonds. The zero-order chi connectivity index (χ0) is 18.8. The summed E-state index contributed by atoms with van der Waals surface area (Å²) in [6, 6.07) is 5.13. The molecule has 1 fully saturated rings. The lowest BCUT2D eigenvalue weighted by molar-refractivity contribution is -0.141. The number of aryl methyl sites for hydroxylation is 2. The minimum atomic E-state index is -3.09. The van der Waals surface area contributed by atoms with Crippen molar-refractivity contribution in [3.05, 3.63) is 34.9 Å². The van der Waals surface area contributed by atoms with E-state index in [1.165, 1.54) is 11.8 Å². The van der Waals surface area contributed by atoms with E-state index in [-0.39, 0.29) is 23.5 Å². The zero-order valence-corrected chi connectivity index (χ0v) is 15.9. The number of carbonyl (C=O) groups is 2. The first-order chi connectivity index (χ1) is 11.6. The standard InChI is InChI=1S/C18H25NO5S/c1-5-19(15-8-9-25(22,23)11-15)17(20)14(4)24-18(21)16-10-12(2)6-7-13(16)3/h6-7,10,14-15H,5,8-9,11H2,1-4H3/t14-,15-/m0/s1. The molecule has 25 heavy (non-hydrogen) atoms. The highest BCUT2D eigenvalue weighted by Crippen LogP contribution is 2.20. The Morgan fingerprint density at radius 2 is 2.00 bits per heavy atom. The van der Waals surface area contributed by atoms with E-state index in [0.29, 0.717) is 18.5 Å². The third kappa shape index (κ3) is 4.60. The lowest BCUT2D eigenvalue weighted by atomic mass is 10.1. The van der Waals surface area contributed by atoms with Crippen LogP contribution in [0, 0.1) is 13.8 Å². The molecule has 1 heterocycles. The van der Waals surface area contributed by atoms with E-state index in [1.54, 1.807) is 13.0 Å². The van der Waals surface area contributed by atoms with Gasteiger partial charge in [0.15, 0.2) is 15.9 Å². The Morgan fingerprint density at radius 3 is 2.56 bits per heavy atom. The van der Waals surface area contributed by atoms with Crippen molar-refractivity contribution in [2.45, 2.75) is 46.3 Å². The number of benzene rings is 1. The average molecular weight is 367 g/mol. The SMILES string of the molecule is CCN(C(=O)[C@H](C)OC(=O)c1cc(C)ccc1C)[C@H]1CCS(=O)(=O)C1. The summed E-state index contributed by atoms with van der Waals surface area (Å²) in [5.74, 6) is -0.831. The monoisotopic (exact) mass is 367 g/mol. The predicted molar refractivity (Wildman–Crippen MR) is 95.2 cm³/mol. The number of rotatable bonds is 5. The lowest BCUT2D eigenvalue weighted by Gasteiger charge is -2.29. The second-order valence-electron chi connectivity index (χ2n) is 6.55. The highest BCUT2D eigenvalue weighted by molar-refractivity contribution is 7.91. The quantitative estimate of drug-likeness (QED) is 0.743. The lowest BCUT2D eigenvalue weighted by Crippen LogP contribution is -2.46. The van der Waals surface area contributed by atoms with Gasteiger partial charge in [-0.1, -0.05) is 17.7 Å². The van der Waals surface area contributed by atoms with E-state index in [4.69, 9.17) is 4.74 Å². The van der Waals surface area contributed by atoms with Crippen LogP contribution in [0.15, 0.2) is 18.2 Å². The number of amides is 1. The van der Waals surface area contributed by atoms with Crippen molar-refractivity contribution >= 4 is 21.7 Å². The molecule has 0 saturated carbocycles. The maximum Gasteiger partial charge on any atom is 0.339 e. The van der Waals surface area contributed by atoms with Crippen molar-refractivity contribution in [3.8, 4) is 0 Å². The first-order valence-corrected chi connectivity index (χ1v) is 10.3. The van der Waals surface area contributed by atoms with Gasteiger partial charge in [-0.05, 0) is 45.7 Å². The van der Waals surface area contributed by atoms with Gasteiger partial charge in [0, 0.05) is 12.6 Å². The summed E-state index contributed by atoms with van der Waals surface area (Å²) in [5, 5.41) is 0. The van der Waals surface area contributed by atoms with Crippen molar-refractivity contribution in [2.24, 2.45) is 0 Å². The van der Waals surface area contributed by atoms with Gasteiger partial charge in [0.2, 0.25) is 0 Å². The van der Waals surface area contributed by atoms with Crippen LogP contribution in [0.1, 0.15) is 41.8 Å².